The Bertz CT molecular complexity index is 567. The van der Waals surface area contributed by atoms with E-state index in [1.165, 1.54) is 0 Å². The molecule has 19 heavy (non-hydrogen) atoms. The van der Waals surface area contributed by atoms with E-state index < -0.39 is 0 Å². The fourth-order valence-corrected chi connectivity index (χ4v) is 2.15. The van der Waals surface area contributed by atoms with Crippen LogP contribution in [-0.2, 0) is 0 Å². The summed E-state index contributed by atoms with van der Waals surface area (Å²) in [6.07, 6.45) is 3.64. The quantitative estimate of drug-likeness (QED) is 0.863. The van der Waals surface area contributed by atoms with Gasteiger partial charge in [0, 0.05) is 24.2 Å². The molecule has 0 N–H and O–H groups in total. The van der Waals surface area contributed by atoms with Crippen molar-refractivity contribution in [3.63, 3.8) is 0 Å². The number of hydrogen-bond acceptors (Lipinski definition) is 4. The lowest BCUT2D eigenvalue weighted by molar-refractivity contribution is 0.166. The lowest BCUT2D eigenvalue weighted by Gasteiger charge is -2.39. The highest BCUT2D eigenvalue weighted by molar-refractivity contribution is 6.30. The first-order valence-corrected chi connectivity index (χ1v) is 6.54. The minimum absolute atomic E-state index is 0.208. The van der Waals surface area contributed by atoms with Gasteiger partial charge in [-0.15, -0.1) is 0 Å². The maximum atomic E-state index is 5.87. The van der Waals surface area contributed by atoms with E-state index in [0.29, 0.717) is 5.02 Å². The SMILES string of the molecule is Cc1cc(OC2CN(c3ccc(Cl)cn3)C2)ccn1. The molecular weight excluding hydrogens is 262 g/mol. The van der Waals surface area contributed by atoms with Crippen molar-refractivity contribution in [1.82, 2.24) is 9.97 Å². The van der Waals surface area contributed by atoms with Crippen molar-refractivity contribution in [2.24, 2.45) is 0 Å². The third kappa shape index (κ3) is 2.79. The predicted octanol–water partition coefficient (Wildman–Crippen LogP) is 2.71. The lowest BCUT2D eigenvalue weighted by atomic mass is 10.1. The highest BCUT2D eigenvalue weighted by Gasteiger charge is 2.29. The van der Waals surface area contributed by atoms with Crippen molar-refractivity contribution < 1.29 is 4.74 Å². The minimum Gasteiger partial charge on any atom is -0.487 e. The number of aromatic nitrogens is 2. The summed E-state index contributed by atoms with van der Waals surface area (Å²) in [4.78, 5) is 10.6. The molecule has 1 fully saturated rings. The third-order valence-electron chi connectivity index (χ3n) is 3.05. The van der Waals surface area contributed by atoms with Gasteiger partial charge in [-0.25, -0.2) is 4.98 Å². The molecule has 3 heterocycles. The van der Waals surface area contributed by atoms with Gasteiger partial charge >= 0.3 is 0 Å². The molecule has 3 rings (SSSR count). The van der Waals surface area contributed by atoms with Gasteiger partial charge in [-0.05, 0) is 25.1 Å². The Labute approximate surface area is 117 Å². The van der Waals surface area contributed by atoms with Gasteiger partial charge < -0.3 is 9.64 Å². The Morgan fingerprint density at radius 3 is 2.79 bits per heavy atom. The Hall–Kier alpha value is -1.81. The summed E-state index contributed by atoms with van der Waals surface area (Å²) in [5.41, 5.74) is 0.966. The molecule has 2 aromatic rings. The molecule has 0 spiro atoms. The molecule has 5 heteroatoms. The topological polar surface area (TPSA) is 38.2 Å². The van der Waals surface area contributed by atoms with Gasteiger partial charge in [0.05, 0.1) is 18.1 Å². The molecule has 0 atom stereocenters. The van der Waals surface area contributed by atoms with Gasteiger partial charge in [-0.3, -0.25) is 4.98 Å². The summed E-state index contributed by atoms with van der Waals surface area (Å²) in [5, 5.41) is 0.657. The fourth-order valence-electron chi connectivity index (χ4n) is 2.04. The van der Waals surface area contributed by atoms with E-state index >= 15 is 0 Å². The van der Waals surface area contributed by atoms with Crippen molar-refractivity contribution >= 4 is 17.4 Å². The average Bonchev–Trinajstić information content (AvgIpc) is 2.35. The van der Waals surface area contributed by atoms with Crippen molar-refractivity contribution in [3.05, 3.63) is 47.4 Å². The average molecular weight is 276 g/mol. The van der Waals surface area contributed by atoms with Crippen molar-refractivity contribution in [3.8, 4) is 5.75 Å². The zero-order valence-corrected chi connectivity index (χ0v) is 11.3. The molecule has 98 valence electrons. The second-order valence-corrected chi connectivity index (χ2v) is 5.05. The van der Waals surface area contributed by atoms with E-state index in [2.05, 4.69) is 14.9 Å². The van der Waals surface area contributed by atoms with Gasteiger partial charge in [-0.1, -0.05) is 11.6 Å². The van der Waals surface area contributed by atoms with Crippen LogP contribution in [0.4, 0.5) is 5.82 Å². The maximum Gasteiger partial charge on any atom is 0.134 e. The first kappa shape index (κ1) is 12.2. The van der Waals surface area contributed by atoms with Crippen LogP contribution in [0.2, 0.25) is 5.02 Å². The zero-order valence-electron chi connectivity index (χ0n) is 10.6. The molecular formula is C14H14ClN3O. The van der Waals surface area contributed by atoms with Crippen LogP contribution >= 0.6 is 11.6 Å². The van der Waals surface area contributed by atoms with Crippen LogP contribution in [-0.4, -0.2) is 29.2 Å². The van der Waals surface area contributed by atoms with E-state index in [9.17, 15) is 0 Å². The van der Waals surface area contributed by atoms with Gasteiger partial charge in [0.15, 0.2) is 0 Å². The zero-order chi connectivity index (χ0) is 13.2. The molecule has 0 radical (unpaired) electrons. The van der Waals surface area contributed by atoms with Crippen molar-refractivity contribution in [1.29, 1.82) is 0 Å². The van der Waals surface area contributed by atoms with Crippen LogP contribution in [0.1, 0.15) is 5.69 Å². The van der Waals surface area contributed by atoms with E-state index in [0.717, 1.165) is 30.4 Å². The van der Waals surface area contributed by atoms with E-state index in [1.54, 1.807) is 12.4 Å². The van der Waals surface area contributed by atoms with E-state index in [-0.39, 0.29) is 6.10 Å². The molecule has 0 saturated carbocycles. The van der Waals surface area contributed by atoms with Crippen LogP contribution in [0.5, 0.6) is 5.75 Å². The number of aryl methyl sites for hydroxylation is 1. The predicted molar refractivity (Wildman–Crippen MR) is 74.9 cm³/mol. The highest BCUT2D eigenvalue weighted by atomic mass is 35.5. The Balaban J connectivity index is 1.57. The molecule has 1 aliphatic rings. The summed E-state index contributed by atoms with van der Waals surface area (Å²) in [7, 11) is 0. The second-order valence-electron chi connectivity index (χ2n) is 4.61. The summed E-state index contributed by atoms with van der Waals surface area (Å²) >= 11 is 5.82. The van der Waals surface area contributed by atoms with Crippen LogP contribution in [0.25, 0.3) is 0 Å². The minimum atomic E-state index is 0.208. The third-order valence-corrected chi connectivity index (χ3v) is 3.28. The van der Waals surface area contributed by atoms with Gasteiger partial charge in [-0.2, -0.15) is 0 Å². The Morgan fingerprint density at radius 1 is 1.26 bits per heavy atom. The number of ether oxygens (including phenoxy) is 1. The molecule has 1 aliphatic heterocycles. The largest absolute Gasteiger partial charge is 0.487 e. The number of halogens is 1. The van der Waals surface area contributed by atoms with Crippen LogP contribution in [0.3, 0.4) is 0 Å². The van der Waals surface area contributed by atoms with Gasteiger partial charge in [0.1, 0.15) is 17.7 Å². The lowest BCUT2D eigenvalue weighted by Crippen LogP contribution is -2.54. The Morgan fingerprint density at radius 2 is 2.11 bits per heavy atom. The van der Waals surface area contributed by atoms with E-state index in [1.807, 2.05) is 31.2 Å². The van der Waals surface area contributed by atoms with Gasteiger partial charge in [0.25, 0.3) is 0 Å². The monoisotopic (exact) mass is 275 g/mol. The number of pyridine rings is 2. The van der Waals surface area contributed by atoms with Crippen LogP contribution in [0, 0.1) is 6.92 Å². The van der Waals surface area contributed by atoms with Crippen molar-refractivity contribution in [2.75, 3.05) is 18.0 Å². The van der Waals surface area contributed by atoms with E-state index in [4.69, 9.17) is 16.3 Å². The first-order valence-electron chi connectivity index (χ1n) is 6.16. The highest BCUT2D eigenvalue weighted by Crippen LogP contribution is 2.23. The smallest absolute Gasteiger partial charge is 0.134 e. The number of rotatable bonds is 3. The van der Waals surface area contributed by atoms with Gasteiger partial charge in [0.2, 0.25) is 0 Å². The molecule has 0 bridgehead atoms. The molecule has 4 nitrogen and oxygen atoms in total. The summed E-state index contributed by atoms with van der Waals surface area (Å²) in [6, 6.07) is 7.61. The molecule has 0 aliphatic carbocycles. The summed E-state index contributed by atoms with van der Waals surface area (Å²) in [6.45, 7) is 3.64. The standard InChI is InChI=1S/C14H14ClN3O/c1-10-6-12(4-5-16-10)19-13-8-18(9-13)14-3-2-11(15)7-17-14/h2-7,13H,8-9H2,1H3. The Kier molecular flexibility index (Phi) is 3.25. The first-order chi connectivity index (χ1) is 9.20. The molecule has 2 aromatic heterocycles. The summed E-state index contributed by atoms with van der Waals surface area (Å²) < 4.78 is 5.87. The number of hydrogen-bond donors (Lipinski definition) is 0. The number of anilines is 1. The number of nitrogens with zero attached hydrogens (tertiary/aromatic N) is 3. The normalized spacial score (nSPS) is 15.2. The maximum absolute atomic E-state index is 5.87. The molecule has 0 aromatic carbocycles. The summed E-state index contributed by atoms with van der Waals surface area (Å²) in [5.74, 6) is 1.82. The van der Waals surface area contributed by atoms with Crippen LogP contribution < -0.4 is 9.64 Å². The molecule has 0 amide bonds. The molecule has 0 unspecified atom stereocenters. The second kappa shape index (κ2) is 5.05. The molecule has 1 saturated heterocycles. The van der Waals surface area contributed by atoms with Crippen LogP contribution in [0.15, 0.2) is 36.7 Å². The fraction of sp³-hybridized carbons (Fsp3) is 0.286. The van der Waals surface area contributed by atoms with Crippen molar-refractivity contribution in [2.45, 2.75) is 13.0 Å².